The summed E-state index contributed by atoms with van der Waals surface area (Å²) in [7, 11) is 0. The monoisotopic (exact) mass is 451 g/mol. The van der Waals surface area contributed by atoms with Crippen LogP contribution < -0.4 is 10.6 Å². The van der Waals surface area contributed by atoms with E-state index >= 15 is 0 Å². The van der Waals surface area contributed by atoms with Gasteiger partial charge in [0.15, 0.2) is 11.5 Å². The van der Waals surface area contributed by atoms with Crippen molar-refractivity contribution in [3.63, 3.8) is 0 Å². The molecule has 2 N–H and O–H groups in total. The minimum atomic E-state index is -2.55. The molecule has 0 aliphatic rings. The Kier molecular flexibility index (Phi) is 5.95. The standard InChI is InChI=1S/C21H19F2N9O/c1-12(2)29-17-4-19(32-20-14(7-28-32)3-13(5-24)6-26-20)25-9-16(17)21(33)30-15-8-27-31(10-15)11-18(22)23/h3-4,6-10,12,18H,11H2,1-2H3,(H,25,29)(H,30,33). The lowest BCUT2D eigenvalue weighted by molar-refractivity contribution is 0.102. The fourth-order valence-electron chi connectivity index (χ4n) is 3.19. The SMILES string of the molecule is CC(C)Nc1cc(-n2ncc3cc(C#N)cnc32)ncc1C(=O)Nc1cnn(CC(F)F)c1. The molecule has 168 valence electrons. The Hall–Kier alpha value is -4.40. The van der Waals surface area contributed by atoms with E-state index in [1.54, 1.807) is 18.3 Å². The number of fused-ring (bicyclic) bond motifs is 1. The Morgan fingerprint density at radius 3 is 2.70 bits per heavy atom. The first-order valence-electron chi connectivity index (χ1n) is 9.97. The van der Waals surface area contributed by atoms with Crippen molar-refractivity contribution < 1.29 is 13.6 Å². The van der Waals surface area contributed by atoms with Gasteiger partial charge in [-0.15, -0.1) is 0 Å². The molecule has 0 radical (unpaired) electrons. The Balaban J connectivity index is 1.65. The zero-order valence-corrected chi connectivity index (χ0v) is 17.7. The number of aromatic nitrogens is 6. The number of halogens is 2. The maximum absolute atomic E-state index is 12.9. The number of alkyl halides is 2. The molecule has 0 bridgehead atoms. The van der Waals surface area contributed by atoms with Gasteiger partial charge in [-0.3, -0.25) is 9.48 Å². The Morgan fingerprint density at radius 2 is 1.97 bits per heavy atom. The van der Waals surface area contributed by atoms with E-state index in [-0.39, 0.29) is 17.3 Å². The van der Waals surface area contributed by atoms with E-state index in [1.807, 2.05) is 19.9 Å². The summed E-state index contributed by atoms with van der Waals surface area (Å²) < 4.78 is 27.6. The number of rotatable bonds is 7. The van der Waals surface area contributed by atoms with E-state index in [4.69, 9.17) is 5.26 Å². The first kappa shape index (κ1) is 21.8. The van der Waals surface area contributed by atoms with Crippen LogP contribution in [0.15, 0.2) is 43.1 Å². The number of carbonyl (C=O) groups excluding carboxylic acids is 1. The van der Waals surface area contributed by atoms with E-state index in [9.17, 15) is 13.6 Å². The molecular weight excluding hydrogens is 432 g/mol. The molecule has 0 spiro atoms. The normalized spacial score (nSPS) is 11.2. The molecule has 4 aromatic rings. The number of nitriles is 1. The second kappa shape index (κ2) is 8.99. The van der Waals surface area contributed by atoms with Crippen molar-refractivity contribution in [3.8, 4) is 11.9 Å². The van der Waals surface area contributed by atoms with E-state index in [1.165, 1.54) is 29.5 Å². The number of amides is 1. The van der Waals surface area contributed by atoms with Crippen LogP contribution in [0, 0.1) is 11.3 Å². The number of anilines is 2. The molecule has 33 heavy (non-hydrogen) atoms. The van der Waals surface area contributed by atoms with Gasteiger partial charge in [-0.1, -0.05) is 0 Å². The van der Waals surface area contributed by atoms with Crippen LogP contribution in [-0.2, 0) is 6.54 Å². The highest BCUT2D eigenvalue weighted by Crippen LogP contribution is 2.23. The van der Waals surface area contributed by atoms with Crippen molar-refractivity contribution in [1.82, 2.24) is 29.5 Å². The summed E-state index contributed by atoms with van der Waals surface area (Å²) in [4.78, 5) is 21.5. The van der Waals surface area contributed by atoms with Crippen molar-refractivity contribution in [2.45, 2.75) is 32.9 Å². The van der Waals surface area contributed by atoms with E-state index in [2.05, 4.69) is 30.8 Å². The molecule has 10 nitrogen and oxygen atoms in total. The van der Waals surface area contributed by atoms with Crippen LogP contribution in [0.3, 0.4) is 0 Å². The molecule has 4 rings (SSSR count). The number of carbonyl (C=O) groups is 1. The summed E-state index contributed by atoms with van der Waals surface area (Å²) in [5, 5.41) is 23.7. The van der Waals surface area contributed by atoms with Crippen LogP contribution in [-0.4, -0.2) is 47.9 Å². The largest absolute Gasteiger partial charge is 0.382 e. The van der Waals surface area contributed by atoms with Crippen LogP contribution in [0.1, 0.15) is 29.8 Å². The van der Waals surface area contributed by atoms with Gasteiger partial charge >= 0.3 is 0 Å². The molecule has 0 unspecified atom stereocenters. The zero-order valence-electron chi connectivity index (χ0n) is 17.7. The molecule has 0 aliphatic heterocycles. The number of hydrogen-bond donors (Lipinski definition) is 2. The number of nitrogens with one attached hydrogen (secondary N) is 2. The molecule has 0 fully saturated rings. The summed E-state index contributed by atoms with van der Waals surface area (Å²) in [6.07, 6.45) is 4.51. The van der Waals surface area contributed by atoms with E-state index in [0.29, 0.717) is 28.1 Å². The minimum absolute atomic E-state index is 0.00580. The highest BCUT2D eigenvalue weighted by atomic mass is 19.3. The number of nitrogens with zero attached hydrogens (tertiary/aromatic N) is 7. The topological polar surface area (TPSA) is 126 Å². The van der Waals surface area contributed by atoms with Gasteiger partial charge in [-0.25, -0.2) is 18.7 Å². The van der Waals surface area contributed by atoms with Gasteiger partial charge in [0.2, 0.25) is 0 Å². The lowest BCUT2D eigenvalue weighted by Crippen LogP contribution is -2.19. The molecular formula is C21H19F2N9O. The summed E-state index contributed by atoms with van der Waals surface area (Å²) >= 11 is 0. The van der Waals surface area contributed by atoms with Gasteiger partial charge in [0.1, 0.15) is 12.6 Å². The maximum Gasteiger partial charge on any atom is 0.259 e. The molecule has 0 atom stereocenters. The Bertz CT molecular complexity index is 1350. The first-order chi connectivity index (χ1) is 15.8. The van der Waals surface area contributed by atoms with Crippen molar-refractivity contribution in [1.29, 1.82) is 5.26 Å². The molecule has 0 aliphatic carbocycles. The van der Waals surface area contributed by atoms with Gasteiger partial charge in [0, 0.05) is 36.1 Å². The molecule has 0 saturated heterocycles. The predicted octanol–water partition coefficient (Wildman–Crippen LogP) is 3.22. The lowest BCUT2D eigenvalue weighted by Gasteiger charge is -2.15. The number of pyridine rings is 2. The Labute approximate surface area is 186 Å². The van der Waals surface area contributed by atoms with E-state index < -0.39 is 18.9 Å². The summed E-state index contributed by atoms with van der Waals surface area (Å²) in [5.74, 6) is -0.0532. The third-order valence-corrected chi connectivity index (χ3v) is 4.55. The average molecular weight is 451 g/mol. The van der Waals surface area contributed by atoms with Gasteiger partial charge in [0.05, 0.1) is 34.9 Å². The maximum atomic E-state index is 12.9. The van der Waals surface area contributed by atoms with Gasteiger partial charge in [0.25, 0.3) is 12.3 Å². The summed E-state index contributed by atoms with van der Waals surface area (Å²) in [6, 6.07) is 5.39. The van der Waals surface area contributed by atoms with E-state index in [0.717, 1.165) is 4.68 Å². The quantitative estimate of drug-likeness (QED) is 0.442. The van der Waals surface area contributed by atoms with Crippen LogP contribution >= 0.6 is 0 Å². The van der Waals surface area contributed by atoms with Gasteiger partial charge < -0.3 is 10.6 Å². The average Bonchev–Trinajstić information content (AvgIpc) is 3.38. The van der Waals surface area contributed by atoms with Crippen molar-refractivity contribution in [3.05, 3.63) is 54.2 Å². The predicted molar refractivity (Wildman–Crippen MR) is 116 cm³/mol. The second-order valence-corrected chi connectivity index (χ2v) is 7.49. The number of hydrogen-bond acceptors (Lipinski definition) is 7. The molecule has 0 saturated carbocycles. The molecule has 4 aromatic heterocycles. The van der Waals surface area contributed by atoms with Crippen LogP contribution in [0.25, 0.3) is 16.9 Å². The Morgan fingerprint density at radius 1 is 1.15 bits per heavy atom. The van der Waals surface area contributed by atoms with Crippen molar-refractivity contribution >= 4 is 28.3 Å². The summed E-state index contributed by atoms with van der Waals surface area (Å²) in [5.41, 5.74) is 1.98. The minimum Gasteiger partial charge on any atom is -0.382 e. The molecule has 1 amide bonds. The lowest BCUT2D eigenvalue weighted by atomic mass is 10.2. The van der Waals surface area contributed by atoms with Gasteiger partial charge in [-0.05, 0) is 19.9 Å². The second-order valence-electron chi connectivity index (χ2n) is 7.49. The third-order valence-electron chi connectivity index (χ3n) is 4.55. The fourth-order valence-corrected chi connectivity index (χ4v) is 3.19. The molecule has 0 aromatic carbocycles. The highest BCUT2D eigenvalue weighted by molar-refractivity contribution is 6.08. The molecule has 12 heteroatoms. The van der Waals surface area contributed by atoms with Crippen LogP contribution in [0.5, 0.6) is 0 Å². The van der Waals surface area contributed by atoms with Crippen molar-refractivity contribution in [2.75, 3.05) is 10.6 Å². The molecule has 4 heterocycles. The third kappa shape index (κ3) is 4.77. The zero-order chi connectivity index (χ0) is 23.5. The summed E-state index contributed by atoms with van der Waals surface area (Å²) in [6.45, 7) is 3.28. The van der Waals surface area contributed by atoms with Crippen LogP contribution in [0.2, 0.25) is 0 Å². The van der Waals surface area contributed by atoms with Crippen LogP contribution in [0.4, 0.5) is 20.2 Å². The highest BCUT2D eigenvalue weighted by Gasteiger charge is 2.17. The first-order valence-corrected chi connectivity index (χ1v) is 9.97. The smallest absolute Gasteiger partial charge is 0.259 e. The van der Waals surface area contributed by atoms with Gasteiger partial charge in [-0.2, -0.15) is 20.1 Å². The fraction of sp³-hybridized carbons (Fsp3) is 0.238. The van der Waals surface area contributed by atoms with Crippen molar-refractivity contribution in [2.24, 2.45) is 0 Å².